The Bertz CT molecular complexity index is 1120. The van der Waals surface area contributed by atoms with Crippen LogP contribution in [0.2, 0.25) is 5.02 Å². The fraction of sp³-hybridized carbons (Fsp3) is 0.0870. The Kier molecular flexibility index (Phi) is 6.47. The molecule has 1 fully saturated rings. The maximum atomic E-state index is 12.9. The summed E-state index contributed by atoms with van der Waals surface area (Å²) in [6.45, 7) is 0.743. The predicted molar refractivity (Wildman–Crippen MR) is 125 cm³/mol. The first-order valence-corrected chi connectivity index (χ1v) is 10.8. The van der Waals surface area contributed by atoms with E-state index in [1.165, 1.54) is 11.8 Å². The third-order valence-corrected chi connectivity index (χ3v) is 6.23. The summed E-state index contributed by atoms with van der Waals surface area (Å²) >= 11 is 12.9. The molecule has 150 valence electrons. The van der Waals surface area contributed by atoms with E-state index >= 15 is 0 Å². The fourth-order valence-electron chi connectivity index (χ4n) is 2.95. The Morgan fingerprint density at radius 2 is 1.90 bits per heavy atom. The lowest BCUT2D eigenvalue weighted by Gasteiger charge is -2.14. The van der Waals surface area contributed by atoms with Gasteiger partial charge in [0.1, 0.15) is 16.7 Å². The summed E-state index contributed by atoms with van der Waals surface area (Å²) in [6, 6.07) is 18.9. The molecule has 1 aromatic heterocycles. The van der Waals surface area contributed by atoms with E-state index in [0.717, 1.165) is 16.7 Å². The van der Waals surface area contributed by atoms with Crippen LogP contribution in [0.25, 0.3) is 6.08 Å². The van der Waals surface area contributed by atoms with Crippen molar-refractivity contribution in [1.29, 1.82) is 0 Å². The lowest BCUT2D eigenvalue weighted by atomic mass is 10.1. The number of nitrogens with zero attached hydrogens (tertiary/aromatic N) is 2. The van der Waals surface area contributed by atoms with Gasteiger partial charge in [-0.1, -0.05) is 78.0 Å². The summed E-state index contributed by atoms with van der Waals surface area (Å²) in [5.74, 6) is 0.560. The Balaban J connectivity index is 1.53. The summed E-state index contributed by atoms with van der Waals surface area (Å²) < 4.78 is 6.53. The average molecular weight is 453 g/mol. The standard InChI is InChI=1S/C23H17ClN2O2S2/c24-19-9-3-1-8-18(19)15-28-20-10-4-2-7-17(20)12-21-22(27)26(23(29)30-21)14-16-6-5-11-25-13-16/h1-13H,14-15H2. The third-order valence-electron chi connectivity index (χ3n) is 4.48. The highest BCUT2D eigenvalue weighted by Crippen LogP contribution is 2.35. The van der Waals surface area contributed by atoms with Gasteiger partial charge < -0.3 is 4.74 Å². The van der Waals surface area contributed by atoms with Crippen LogP contribution in [0, 0.1) is 0 Å². The van der Waals surface area contributed by atoms with Crippen LogP contribution >= 0.6 is 35.6 Å². The van der Waals surface area contributed by atoms with Gasteiger partial charge >= 0.3 is 0 Å². The summed E-state index contributed by atoms with van der Waals surface area (Å²) in [4.78, 5) is 19.2. The molecule has 4 rings (SSSR count). The number of thiocarbonyl (C=S) groups is 1. The second-order valence-corrected chi connectivity index (χ2v) is 8.63. The van der Waals surface area contributed by atoms with Gasteiger partial charge in [-0.3, -0.25) is 14.7 Å². The molecule has 1 saturated heterocycles. The summed E-state index contributed by atoms with van der Waals surface area (Å²) in [5.41, 5.74) is 2.64. The third kappa shape index (κ3) is 4.73. The number of benzene rings is 2. The largest absolute Gasteiger partial charge is 0.488 e. The van der Waals surface area contributed by atoms with Gasteiger partial charge in [0.2, 0.25) is 0 Å². The molecule has 0 atom stereocenters. The highest BCUT2D eigenvalue weighted by molar-refractivity contribution is 8.26. The Morgan fingerprint density at radius 3 is 2.70 bits per heavy atom. The monoisotopic (exact) mass is 452 g/mol. The number of carbonyl (C=O) groups excluding carboxylic acids is 1. The topological polar surface area (TPSA) is 42.4 Å². The molecular formula is C23H17ClN2O2S2. The molecule has 2 heterocycles. The molecule has 0 saturated carbocycles. The molecule has 30 heavy (non-hydrogen) atoms. The molecule has 0 radical (unpaired) electrons. The van der Waals surface area contributed by atoms with Crippen LogP contribution in [0.3, 0.4) is 0 Å². The second kappa shape index (κ2) is 9.43. The van der Waals surface area contributed by atoms with Crippen LogP contribution in [-0.2, 0) is 17.9 Å². The first kappa shape index (κ1) is 20.6. The van der Waals surface area contributed by atoms with E-state index in [9.17, 15) is 4.79 Å². The van der Waals surface area contributed by atoms with Crippen molar-refractivity contribution >= 4 is 51.9 Å². The first-order chi connectivity index (χ1) is 14.6. The zero-order valence-electron chi connectivity index (χ0n) is 15.8. The van der Waals surface area contributed by atoms with Crippen molar-refractivity contribution in [3.63, 3.8) is 0 Å². The minimum atomic E-state index is -0.116. The van der Waals surface area contributed by atoms with E-state index in [0.29, 0.717) is 33.1 Å². The van der Waals surface area contributed by atoms with Crippen LogP contribution in [0.4, 0.5) is 0 Å². The van der Waals surface area contributed by atoms with Crippen LogP contribution in [-0.4, -0.2) is 20.1 Å². The second-order valence-electron chi connectivity index (χ2n) is 6.55. The number of pyridine rings is 1. The molecule has 0 N–H and O–H groups in total. The quantitative estimate of drug-likeness (QED) is 0.353. The van der Waals surface area contributed by atoms with Gasteiger partial charge in [0, 0.05) is 28.5 Å². The number of carbonyl (C=O) groups is 1. The SMILES string of the molecule is O=C1C(=Cc2ccccc2OCc2ccccc2Cl)SC(=S)N1Cc1cccnc1. The molecule has 1 aliphatic rings. The normalized spacial score (nSPS) is 15.1. The number of hydrogen-bond donors (Lipinski definition) is 0. The molecule has 0 unspecified atom stereocenters. The van der Waals surface area contributed by atoms with E-state index in [-0.39, 0.29) is 5.91 Å². The van der Waals surface area contributed by atoms with E-state index in [2.05, 4.69) is 4.98 Å². The van der Waals surface area contributed by atoms with Gasteiger partial charge in [-0.25, -0.2) is 0 Å². The number of hydrogen-bond acceptors (Lipinski definition) is 5. The zero-order valence-corrected chi connectivity index (χ0v) is 18.2. The van der Waals surface area contributed by atoms with Crippen molar-refractivity contribution in [2.45, 2.75) is 13.2 Å². The summed E-state index contributed by atoms with van der Waals surface area (Å²) in [7, 11) is 0. The molecule has 0 spiro atoms. The lowest BCUT2D eigenvalue weighted by molar-refractivity contribution is -0.122. The van der Waals surface area contributed by atoms with Crippen LogP contribution in [0.5, 0.6) is 5.75 Å². The zero-order chi connectivity index (χ0) is 20.9. The van der Waals surface area contributed by atoms with E-state index < -0.39 is 0 Å². The lowest BCUT2D eigenvalue weighted by Crippen LogP contribution is -2.27. The number of ether oxygens (including phenoxy) is 1. The van der Waals surface area contributed by atoms with Crippen LogP contribution in [0.1, 0.15) is 16.7 Å². The van der Waals surface area contributed by atoms with Crippen molar-refractivity contribution in [3.05, 3.63) is 99.7 Å². The molecule has 1 aliphatic heterocycles. The average Bonchev–Trinajstić information content (AvgIpc) is 3.02. The van der Waals surface area contributed by atoms with Gasteiger partial charge in [-0.2, -0.15) is 0 Å². The Morgan fingerprint density at radius 1 is 1.10 bits per heavy atom. The summed E-state index contributed by atoms with van der Waals surface area (Å²) in [5, 5.41) is 0.659. The maximum absolute atomic E-state index is 12.9. The van der Waals surface area contributed by atoms with E-state index in [4.69, 9.17) is 28.6 Å². The molecule has 2 aromatic carbocycles. The van der Waals surface area contributed by atoms with E-state index in [1.807, 2.05) is 66.7 Å². The van der Waals surface area contributed by atoms with Crippen molar-refractivity contribution in [2.75, 3.05) is 0 Å². The number of para-hydroxylation sites is 1. The van der Waals surface area contributed by atoms with Gasteiger partial charge in [-0.15, -0.1) is 0 Å². The Hall–Kier alpha value is -2.67. The maximum Gasteiger partial charge on any atom is 0.266 e. The number of thioether (sulfide) groups is 1. The number of rotatable bonds is 6. The highest BCUT2D eigenvalue weighted by atomic mass is 35.5. The van der Waals surface area contributed by atoms with Crippen molar-refractivity contribution in [3.8, 4) is 5.75 Å². The van der Waals surface area contributed by atoms with Crippen molar-refractivity contribution in [1.82, 2.24) is 9.88 Å². The highest BCUT2D eigenvalue weighted by Gasteiger charge is 2.32. The van der Waals surface area contributed by atoms with Gasteiger partial charge in [0.15, 0.2) is 0 Å². The number of halogens is 1. The number of aromatic nitrogens is 1. The summed E-state index contributed by atoms with van der Waals surface area (Å²) in [6.07, 6.45) is 5.26. The van der Waals surface area contributed by atoms with Gasteiger partial charge in [0.25, 0.3) is 5.91 Å². The predicted octanol–water partition coefficient (Wildman–Crippen LogP) is 5.72. The molecular weight excluding hydrogens is 436 g/mol. The van der Waals surface area contributed by atoms with Crippen LogP contribution < -0.4 is 4.74 Å². The molecule has 0 bridgehead atoms. The van der Waals surface area contributed by atoms with Crippen LogP contribution in [0.15, 0.2) is 78.0 Å². The fourth-order valence-corrected chi connectivity index (χ4v) is 4.39. The van der Waals surface area contributed by atoms with Crippen molar-refractivity contribution in [2.24, 2.45) is 0 Å². The molecule has 1 amide bonds. The number of amides is 1. The molecule has 3 aromatic rings. The molecule has 7 heteroatoms. The Labute approximate surface area is 189 Å². The molecule has 4 nitrogen and oxygen atoms in total. The van der Waals surface area contributed by atoms with Crippen molar-refractivity contribution < 1.29 is 9.53 Å². The first-order valence-electron chi connectivity index (χ1n) is 9.21. The van der Waals surface area contributed by atoms with Gasteiger partial charge in [-0.05, 0) is 29.8 Å². The smallest absolute Gasteiger partial charge is 0.266 e. The molecule has 0 aliphatic carbocycles. The minimum absolute atomic E-state index is 0.116. The minimum Gasteiger partial charge on any atom is -0.488 e. The van der Waals surface area contributed by atoms with E-state index in [1.54, 1.807) is 17.3 Å². The van der Waals surface area contributed by atoms with Gasteiger partial charge in [0.05, 0.1) is 11.4 Å².